The Morgan fingerprint density at radius 1 is 0.933 bits per heavy atom. The van der Waals surface area contributed by atoms with Gasteiger partial charge in [0.2, 0.25) is 0 Å². The summed E-state index contributed by atoms with van der Waals surface area (Å²) in [6.07, 6.45) is 6.00. The van der Waals surface area contributed by atoms with E-state index in [1.54, 1.807) is 0 Å². The van der Waals surface area contributed by atoms with Gasteiger partial charge in [0, 0.05) is 12.1 Å². The standard InChI is InChI=1S/C13H30N2/c1-5-9-12(14)13(8-4)15(10-6-2)11-7-3/h12-13H,5-11,14H2,1-4H3. The van der Waals surface area contributed by atoms with Crippen molar-refractivity contribution in [2.45, 2.75) is 71.9 Å². The van der Waals surface area contributed by atoms with Gasteiger partial charge < -0.3 is 5.73 Å². The maximum absolute atomic E-state index is 6.26. The molecule has 0 aliphatic heterocycles. The average molecular weight is 214 g/mol. The van der Waals surface area contributed by atoms with Crippen LogP contribution in [0.15, 0.2) is 0 Å². The predicted octanol–water partition coefficient (Wildman–Crippen LogP) is 3.01. The van der Waals surface area contributed by atoms with Crippen molar-refractivity contribution in [2.75, 3.05) is 13.1 Å². The van der Waals surface area contributed by atoms with Crippen LogP contribution in [0, 0.1) is 0 Å². The molecule has 0 aromatic rings. The van der Waals surface area contributed by atoms with Crippen molar-refractivity contribution in [2.24, 2.45) is 5.73 Å². The summed E-state index contributed by atoms with van der Waals surface area (Å²) in [6.45, 7) is 11.4. The third kappa shape index (κ3) is 5.53. The fourth-order valence-electron chi connectivity index (χ4n) is 2.38. The number of rotatable bonds is 9. The van der Waals surface area contributed by atoms with E-state index >= 15 is 0 Å². The summed E-state index contributed by atoms with van der Waals surface area (Å²) in [5.41, 5.74) is 6.26. The quantitative estimate of drug-likeness (QED) is 0.639. The smallest absolute Gasteiger partial charge is 0.0244 e. The lowest BCUT2D eigenvalue weighted by atomic mass is 9.99. The van der Waals surface area contributed by atoms with Gasteiger partial charge in [-0.05, 0) is 38.8 Å². The Morgan fingerprint density at radius 3 is 1.80 bits per heavy atom. The molecule has 0 aromatic heterocycles. The first kappa shape index (κ1) is 14.9. The second kappa shape index (κ2) is 9.17. The molecule has 2 atom stereocenters. The van der Waals surface area contributed by atoms with E-state index in [9.17, 15) is 0 Å². The van der Waals surface area contributed by atoms with Crippen LogP contribution in [-0.2, 0) is 0 Å². The summed E-state index contributed by atoms with van der Waals surface area (Å²) in [5, 5.41) is 0. The van der Waals surface area contributed by atoms with Gasteiger partial charge in [-0.15, -0.1) is 0 Å². The van der Waals surface area contributed by atoms with Crippen molar-refractivity contribution in [3.63, 3.8) is 0 Å². The molecule has 0 radical (unpaired) electrons. The molecule has 2 nitrogen and oxygen atoms in total. The van der Waals surface area contributed by atoms with Gasteiger partial charge in [0.25, 0.3) is 0 Å². The molecule has 0 heterocycles. The average Bonchev–Trinajstić information content (AvgIpc) is 2.20. The van der Waals surface area contributed by atoms with Crippen molar-refractivity contribution in [1.29, 1.82) is 0 Å². The van der Waals surface area contributed by atoms with Gasteiger partial charge >= 0.3 is 0 Å². The zero-order chi connectivity index (χ0) is 11.7. The Hall–Kier alpha value is -0.0800. The molecular weight excluding hydrogens is 184 g/mol. The van der Waals surface area contributed by atoms with Gasteiger partial charge in [0.15, 0.2) is 0 Å². The number of nitrogens with two attached hydrogens (primary N) is 1. The van der Waals surface area contributed by atoms with Gasteiger partial charge in [-0.3, -0.25) is 4.90 Å². The molecule has 0 amide bonds. The molecule has 0 aliphatic carbocycles. The number of hydrogen-bond donors (Lipinski definition) is 1. The SMILES string of the molecule is CCCC(N)C(CC)N(CCC)CCC. The normalized spacial score (nSPS) is 15.6. The Morgan fingerprint density at radius 2 is 1.47 bits per heavy atom. The number of nitrogens with zero attached hydrogens (tertiary/aromatic N) is 1. The maximum Gasteiger partial charge on any atom is 0.0244 e. The van der Waals surface area contributed by atoms with Crippen LogP contribution in [0.25, 0.3) is 0 Å². The van der Waals surface area contributed by atoms with Crippen molar-refractivity contribution in [1.82, 2.24) is 4.90 Å². The highest BCUT2D eigenvalue weighted by Crippen LogP contribution is 2.13. The molecule has 0 aliphatic rings. The van der Waals surface area contributed by atoms with Gasteiger partial charge in [-0.25, -0.2) is 0 Å². The lowest BCUT2D eigenvalue weighted by molar-refractivity contribution is 0.161. The first-order chi connectivity index (χ1) is 7.21. The lowest BCUT2D eigenvalue weighted by Gasteiger charge is -2.34. The molecule has 92 valence electrons. The molecule has 0 saturated heterocycles. The van der Waals surface area contributed by atoms with E-state index < -0.39 is 0 Å². The molecule has 0 fully saturated rings. The Kier molecular flexibility index (Phi) is 9.12. The molecular formula is C13H30N2. The summed E-state index contributed by atoms with van der Waals surface area (Å²) >= 11 is 0. The van der Waals surface area contributed by atoms with Crippen LogP contribution in [0.1, 0.15) is 59.8 Å². The van der Waals surface area contributed by atoms with Crippen LogP contribution in [-0.4, -0.2) is 30.1 Å². The predicted molar refractivity (Wildman–Crippen MR) is 69.1 cm³/mol. The lowest BCUT2D eigenvalue weighted by Crippen LogP contribution is -2.48. The zero-order valence-electron chi connectivity index (χ0n) is 11.1. The maximum atomic E-state index is 6.26. The molecule has 2 heteroatoms. The summed E-state index contributed by atoms with van der Waals surface area (Å²) in [5.74, 6) is 0. The topological polar surface area (TPSA) is 29.3 Å². The van der Waals surface area contributed by atoms with Crippen LogP contribution in [0.3, 0.4) is 0 Å². The van der Waals surface area contributed by atoms with Crippen LogP contribution < -0.4 is 5.73 Å². The summed E-state index contributed by atoms with van der Waals surface area (Å²) in [7, 11) is 0. The minimum Gasteiger partial charge on any atom is -0.326 e. The summed E-state index contributed by atoms with van der Waals surface area (Å²) in [6, 6.07) is 0.947. The highest BCUT2D eigenvalue weighted by atomic mass is 15.2. The molecule has 0 bridgehead atoms. The Balaban J connectivity index is 4.28. The fourth-order valence-corrected chi connectivity index (χ4v) is 2.38. The van der Waals surface area contributed by atoms with Gasteiger partial charge in [-0.2, -0.15) is 0 Å². The molecule has 2 N–H and O–H groups in total. The largest absolute Gasteiger partial charge is 0.326 e. The van der Waals surface area contributed by atoms with Crippen LogP contribution in [0.2, 0.25) is 0 Å². The van der Waals surface area contributed by atoms with Crippen LogP contribution in [0.5, 0.6) is 0 Å². The Labute approximate surface area is 96.2 Å². The number of hydrogen-bond acceptors (Lipinski definition) is 2. The molecule has 0 spiro atoms. The van der Waals surface area contributed by atoms with Crippen molar-refractivity contribution < 1.29 is 0 Å². The van der Waals surface area contributed by atoms with Gasteiger partial charge in [0.1, 0.15) is 0 Å². The Bertz CT molecular complexity index is 130. The van der Waals surface area contributed by atoms with E-state index in [1.165, 1.54) is 38.8 Å². The minimum absolute atomic E-state index is 0.359. The van der Waals surface area contributed by atoms with E-state index in [1.807, 2.05) is 0 Å². The fraction of sp³-hybridized carbons (Fsp3) is 1.00. The first-order valence-corrected chi connectivity index (χ1v) is 6.70. The molecule has 0 saturated carbocycles. The molecule has 0 aromatic carbocycles. The summed E-state index contributed by atoms with van der Waals surface area (Å²) in [4.78, 5) is 2.58. The van der Waals surface area contributed by atoms with E-state index in [0.29, 0.717) is 12.1 Å². The third-order valence-electron chi connectivity index (χ3n) is 3.03. The van der Waals surface area contributed by atoms with Crippen LogP contribution >= 0.6 is 0 Å². The third-order valence-corrected chi connectivity index (χ3v) is 3.03. The zero-order valence-corrected chi connectivity index (χ0v) is 11.1. The van der Waals surface area contributed by atoms with E-state index in [-0.39, 0.29) is 0 Å². The van der Waals surface area contributed by atoms with Crippen molar-refractivity contribution in [3.8, 4) is 0 Å². The first-order valence-electron chi connectivity index (χ1n) is 6.70. The monoisotopic (exact) mass is 214 g/mol. The second-order valence-electron chi connectivity index (χ2n) is 4.46. The van der Waals surface area contributed by atoms with Gasteiger partial charge in [-0.1, -0.05) is 34.1 Å². The van der Waals surface area contributed by atoms with Crippen molar-refractivity contribution in [3.05, 3.63) is 0 Å². The van der Waals surface area contributed by atoms with Crippen molar-refractivity contribution >= 4 is 0 Å². The van der Waals surface area contributed by atoms with E-state index in [4.69, 9.17) is 5.73 Å². The van der Waals surface area contributed by atoms with Gasteiger partial charge in [0.05, 0.1) is 0 Å². The highest BCUT2D eigenvalue weighted by Gasteiger charge is 2.21. The summed E-state index contributed by atoms with van der Waals surface area (Å²) < 4.78 is 0. The molecule has 0 rings (SSSR count). The highest BCUT2D eigenvalue weighted by molar-refractivity contribution is 4.80. The minimum atomic E-state index is 0.359. The second-order valence-corrected chi connectivity index (χ2v) is 4.46. The molecule has 15 heavy (non-hydrogen) atoms. The molecule has 2 unspecified atom stereocenters. The van der Waals surface area contributed by atoms with E-state index in [2.05, 4.69) is 32.6 Å². The van der Waals surface area contributed by atoms with E-state index in [0.717, 1.165) is 6.42 Å². The van der Waals surface area contributed by atoms with Crippen LogP contribution in [0.4, 0.5) is 0 Å².